The maximum Gasteiger partial charge on any atom is 0.0931 e. The number of halogens is 1. The van der Waals surface area contributed by atoms with Crippen molar-refractivity contribution in [1.29, 1.82) is 0 Å². The van der Waals surface area contributed by atoms with E-state index in [1.54, 1.807) is 11.3 Å². The van der Waals surface area contributed by atoms with Gasteiger partial charge < -0.3 is 5.73 Å². The molecule has 15 heavy (non-hydrogen) atoms. The molecule has 0 saturated heterocycles. The molecule has 1 aromatic heterocycles. The van der Waals surface area contributed by atoms with Crippen molar-refractivity contribution in [2.75, 3.05) is 12.3 Å². The van der Waals surface area contributed by atoms with Gasteiger partial charge in [0.25, 0.3) is 0 Å². The Balaban J connectivity index is 2.49. The van der Waals surface area contributed by atoms with Crippen molar-refractivity contribution in [3.63, 3.8) is 0 Å². The zero-order valence-electron chi connectivity index (χ0n) is 9.20. The Morgan fingerprint density at radius 1 is 1.53 bits per heavy atom. The van der Waals surface area contributed by atoms with Gasteiger partial charge in [0.1, 0.15) is 0 Å². The van der Waals surface area contributed by atoms with Crippen molar-refractivity contribution < 1.29 is 0 Å². The lowest BCUT2D eigenvalue weighted by Crippen LogP contribution is -2.10. The molecule has 0 fully saturated rings. The van der Waals surface area contributed by atoms with Gasteiger partial charge in [0.15, 0.2) is 0 Å². The SMILES string of the molecule is CCC(C)CSC(CN)c1ccc(Cl)s1. The Bertz CT molecular complexity index is 288. The van der Waals surface area contributed by atoms with Crippen LogP contribution in [0.25, 0.3) is 0 Å². The highest BCUT2D eigenvalue weighted by Gasteiger charge is 2.13. The highest BCUT2D eigenvalue weighted by atomic mass is 35.5. The molecule has 2 N–H and O–H groups in total. The Kier molecular flexibility index (Phi) is 6.05. The molecule has 0 amide bonds. The highest BCUT2D eigenvalue weighted by Crippen LogP contribution is 2.35. The molecular formula is C11H18ClNS2. The summed E-state index contributed by atoms with van der Waals surface area (Å²) < 4.78 is 0.854. The zero-order valence-corrected chi connectivity index (χ0v) is 11.6. The Morgan fingerprint density at radius 3 is 2.73 bits per heavy atom. The first-order chi connectivity index (χ1) is 7.17. The van der Waals surface area contributed by atoms with Crippen molar-refractivity contribution in [2.45, 2.75) is 25.5 Å². The second-order valence-corrected chi connectivity index (χ2v) is 6.70. The van der Waals surface area contributed by atoms with E-state index in [0.29, 0.717) is 11.8 Å². The fourth-order valence-corrected chi connectivity index (χ4v) is 3.75. The van der Waals surface area contributed by atoms with E-state index in [1.165, 1.54) is 17.1 Å². The minimum absolute atomic E-state index is 0.413. The number of hydrogen-bond acceptors (Lipinski definition) is 3. The van der Waals surface area contributed by atoms with Crippen molar-refractivity contribution in [3.05, 3.63) is 21.3 Å². The predicted molar refractivity (Wildman–Crippen MR) is 73.0 cm³/mol. The van der Waals surface area contributed by atoms with E-state index in [-0.39, 0.29) is 0 Å². The average molecular weight is 264 g/mol. The van der Waals surface area contributed by atoms with Crippen LogP contribution in [0.4, 0.5) is 0 Å². The summed E-state index contributed by atoms with van der Waals surface area (Å²) in [5, 5.41) is 0.413. The lowest BCUT2D eigenvalue weighted by molar-refractivity contribution is 0.635. The molecule has 0 aliphatic carbocycles. The summed E-state index contributed by atoms with van der Waals surface area (Å²) in [7, 11) is 0. The largest absolute Gasteiger partial charge is 0.329 e. The fourth-order valence-electron chi connectivity index (χ4n) is 1.17. The van der Waals surface area contributed by atoms with Crippen LogP contribution in [-0.2, 0) is 0 Å². The molecule has 2 unspecified atom stereocenters. The maximum absolute atomic E-state index is 5.92. The van der Waals surface area contributed by atoms with Crippen molar-refractivity contribution in [1.82, 2.24) is 0 Å². The summed E-state index contributed by atoms with van der Waals surface area (Å²) in [6.07, 6.45) is 1.23. The second-order valence-electron chi connectivity index (χ2n) is 3.71. The van der Waals surface area contributed by atoms with Gasteiger partial charge in [-0.15, -0.1) is 11.3 Å². The smallest absolute Gasteiger partial charge is 0.0931 e. The van der Waals surface area contributed by atoms with Gasteiger partial charge >= 0.3 is 0 Å². The average Bonchev–Trinajstić information content (AvgIpc) is 2.65. The second kappa shape index (κ2) is 6.79. The van der Waals surface area contributed by atoms with Gasteiger partial charge in [0, 0.05) is 11.4 Å². The summed E-state index contributed by atoms with van der Waals surface area (Å²) in [5.74, 6) is 1.94. The van der Waals surface area contributed by atoms with Crippen LogP contribution in [0.3, 0.4) is 0 Å². The van der Waals surface area contributed by atoms with Crippen LogP contribution in [0.1, 0.15) is 30.4 Å². The van der Waals surface area contributed by atoms with Crippen LogP contribution in [-0.4, -0.2) is 12.3 Å². The zero-order chi connectivity index (χ0) is 11.3. The van der Waals surface area contributed by atoms with Gasteiger partial charge in [-0.3, -0.25) is 0 Å². The number of nitrogens with two attached hydrogens (primary N) is 1. The number of thiophene rings is 1. The first-order valence-corrected chi connectivity index (χ1v) is 7.48. The Labute approximate surface area is 105 Å². The van der Waals surface area contributed by atoms with Gasteiger partial charge in [-0.05, 0) is 23.8 Å². The van der Waals surface area contributed by atoms with E-state index in [0.717, 1.165) is 10.3 Å². The molecule has 2 atom stereocenters. The van der Waals surface area contributed by atoms with Crippen molar-refractivity contribution >= 4 is 34.7 Å². The summed E-state index contributed by atoms with van der Waals surface area (Å²) >= 11 is 9.51. The van der Waals surface area contributed by atoms with Crippen LogP contribution in [0.2, 0.25) is 4.34 Å². The van der Waals surface area contributed by atoms with E-state index < -0.39 is 0 Å². The normalized spacial score (nSPS) is 15.2. The lowest BCUT2D eigenvalue weighted by Gasteiger charge is -2.15. The number of thioether (sulfide) groups is 1. The first kappa shape index (κ1) is 13.4. The van der Waals surface area contributed by atoms with Crippen LogP contribution in [0, 0.1) is 5.92 Å². The standard InChI is InChI=1S/C11H18ClNS2/c1-3-8(2)7-14-10(6-13)9-4-5-11(12)15-9/h4-5,8,10H,3,6-7,13H2,1-2H3. The van der Waals surface area contributed by atoms with Crippen molar-refractivity contribution in [3.8, 4) is 0 Å². The fraction of sp³-hybridized carbons (Fsp3) is 0.636. The van der Waals surface area contributed by atoms with E-state index in [9.17, 15) is 0 Å². The summed E-state index contributed by atoms with van der Waals surface area (Å²) in [4.78, 5) is 1.30. The Hall–Kier alpha value is 0.300. The molecule has 1 heterocycles. The molecule has 0 aromatic carbocycles. The van der Waals surface area contributed by atoms with Gasteiger partial charge in [-0.2, -0.15) is 11.8 Å². The minimum Gasteiger partial charge on any atom is -0.329 e. The molecule has 1 nitrogen and oxygen atoms in total. The third-order valence-electron chi connectivity index (χ3n) is 2.40. The van der Waals surface area contributed by atoms with Gasteiger partial charge in [0.2, 0.25) is 0 Å². The minimum atomic E-state index is 0.413. The number of hydrogen-bond donors (Lipinski definition) is 1. The quantitative estimate of drug-likeness (QED) is 0.833. The van der Waals surface area contributed by atoms with Crippen LogP contribution in [0.5, 0.6) is 0 Å². The maximum atomic E-state index is 5.92. The Morgan fingerprint density at radius 2 is 2.27 bits per heavy atom. The molecule has 0 saturated carbocycles. The summed E-state index contributed by atoms with van der Waals surface area (Å²) in [6.45, 7) is 5.20. The molecule has 4 heteroatoms. The van der Waals surface area contributed by atoms with Crippen molar-refractivity contribution in [2.24, 2.45) is 11.7 Å². The molecule has 1 rings (SSSR count). The monoisotopic (exact) mass is 263 g/mol. The van der Waals surface area contributed by atoms with Crippen LogP contribution < -0.4 is 5.73 Å². The van der Waals surface area contributed by atoms with Gasteiger partial charge in [-0.25, -0.2) is 0 Å². The molecule has 0 aliphatic rings. The van der Waals surface area contributed by atoms with E-state index in [2.05, 4.69) is 19.9 Å². The van der Waals surface area contributed by atoms with Crippen LogP contribution in [0.15, 0.2) is 12.1 Å². The van der Waals surface area contributed by atoms with Gasteiger partial charge in [-0.1, -0.05) is 31.9 Å². The molecule has 0 radical (unpaired) electrons. The molecule has 0 spiro atoms. The third kappa shape index (κ3) is 4.35. The molecule has 1 aromatic rings. The summed E-state index contributed by atoms with van der Waals surface area (Å²) in [6, 6.07) is 4.04. The van der Waals surface area contributed by atoms with Crippen LogP contribution >= 0.6 is 34.7 Å². The highest BCUT2D eigenvalue weighted by molar-refractivity contribution is 7.99. The number of rotatable bonds is 6. The lowest BCUT2D eigenvalue weighted by atomic mass is 10.2. The van der Waals surface area contributed by atoms with E-state index in [1.807, 2.05) is 17.8 Å². The van der Waals surface area contributed by atoms with E-state index in [4.69, 9.17) is 17.3 Å². The van der Waals surface area contributed by atoms with Gasteiger partial charge in [0.05, 0.1) is 9.59 Å². The molecular weight excluding hydrogens is 246 g/mol. The summed E-state index contributed by atoms with van der Waals surface area (Å²) in [5.41, 5.74) is 5.78. The predicted octanol–water partition coefficient (Wildman–Crippen LogP) is 4.18. The first-order valence-electron chi connectivity index (χ1n) is 5.24. The molecule has 0 bridgehead atoms. The molecule has 86 valence electrons. The van der Waals surface area contributed by atoms with E-state index >= 15 is 0 Å². The topological polar surface area (TPSA) is 26.0 Å². The third-order valence-corrected chi connectivity index (χ3v) is 5.51. The molecule has 0 aliphatic heterocycles.